The van der Waals surface area contributed by atoms with Crippen LogP contribution in [-0.4, -0.2) is 14.7 Å². The fraction of sp³-hybridized carbons (Fsp3) is 0.400. The molecule has 0 unspecified atom stereocenters. The number of hydrogen-bond donors (Lipinski definition) is 2. The van der Waals surface area contributed by atoms with Crippen LogP contribution in [0.5, 0.6) is 0 Å². The molecule has 1 aromatic heterocycles. The SMILES string of the molecule is NCc1cccc(-c2nc(CO)c3n2CCCC3)c1. The zero-order chi connectivity index (χ0) is 13.2. The van der Waals surface area contributed by atoms with Crippen molar-refractivity contribution in [1.29, 1.82) is 0 Å². The Morgan fingerprint density at radius 2 is 2.21 bits per heavy atom. The summed E-state index contributed by atoms with van der Waals surface area (Å²) >= 11 is 0. The molecule has 0 saturated heterocycles. The van der Waals surface area contributed by atoms with Gasteiger partial charge in [0.15, 0.2) is 0 Å². The van der Waals surface area contributed by atoms with Crippen molar-refractivity contribution in [3.05, 3.63) is 41.2 Å². The van der Waals surface area contributed by atoms with Gasteiger partial charge in [0, 0.05) is 24.3 Å². The smallest absolute Gasteiger partial charge is 0.140 e. The van der Waals surface area contributed by atoms with E-state index in [2.05, 4.69) is 21.7 Å². The van der Waals surface area contributed by atoms with Crippen LogP contribution in [-0.2, 0) is 26.1 Å². The van der Waals surface area contributed by atoms with E-state index in [1.165, 1.54) is 18.5 Å². The molecular formula is C15H19N3O. The molecule has 3 N–H and O–H groups in total. The number of nitrogens with two attached hydrogens (primary N) is 1. The molecule has 0 radical (unpaired) electrons. The molecule has 19 heavy (non-hydrogen) atoms. The Labute approximate surface area is 112 Å². The summed E-state index contributed by atoms with van der Waals surface area (Å²) in [4.78, 5) is 4.63. The van der Waals surface area contributed by atoms with Gasteiger partial charge in [-0.1, -0.05) is 18.2 Å². The van der Waals surface area contributed by atoms with Crippen LogP contribution in [0.3, 0.4) is 0 Å². The molecule has 0 bridgehead atoms. The van der Waals surface area contributed by atoms with Crippen molar-refractivity contribution in [1.82, 2.24) is 9.55 Å². The van der Waals surface area contributed by atoms with E-state index in [1.807, 2.05) is 12.1 Å². The number of imidazole rings is 1. The van der Waals surface area contributed by atoms with Crippen molar-refractivity contribution in [2.24, 2.45) is 5.73 Å². The van der Waals surface area contributed by atoms with Gasteiger partial charge in [-0.15, -0.1) is 0 Å². The molecule has 0 amide bonds. The van der Waals surface area contributed by atoms with Crippen LogP contribution >= 0.6 is 0 Å². The Kier molecular flexibility index (Phi) is 3.36. The number of hydrogen-bond acceptors (Lipinski definition) is 3. The Morgan fingerprint density at radius 1 is 1.32 bits per heavy atom. The van der Waals surface area contributed by atoms with E-state index in [4.69, 9.17) is 5.73 Å². The van der Waals surface area contributed by atoms with Gasteiger partial charge in [-0.3, -0.25) is 0 Å². The van der Waals surface area contributed by atoms with Gasteiger partial charge in [-0.25, -0.2) is 4.98 Å². The maximum absolute atomic E-state index is 9.46. The summed E-state index contributed by atoms with van der Waals surface area (Å²) in [7, 11) is 0. The minimum Gasteiger partial charge on any atom is -0.390 e. The fourth-order valence-corrected chi connectivity index (χ4v) is 2.80. The first kappa shape index (κ1) is 12.4. The molecule has 3 rings (SSSR count). The van der Waals surface area contributed by atoms with Crippen molar-refractivity contribution < 1.29 is 5.11 Å². The van der Waals surface area contributed by atoms with E-state index in [9.17, 15) is 5.11 Å². The number of benzene rings is 1. The summed E-state index contributed by atoms with van der Waals surface area (Å²) in [5.41, 5.74) is 9.92. The Bertz CT molecular complexity index is 589. The van der Waals surface area contributed by atoms with E-state index in [0.29, 0.717) is 6.54 Å². The highest BCUT2D eigenvalue weighted by Crippen LogP contribution is 2.28. The van der Waals surface area contributed by atoms with E-state index in [-0.39, 0.29) is 6.61 Å². The summed E-state index contributed by atoms with van der Waals surface area (Å²) in [5, 5.41) is 9.46. The maximum Gasteiger partial charge on any atom is 0.140 e. The lowest BCUT2D eigenvalue weighted by Gasteiger charge is -2.17. The second kappa shape index (κ2) is 5.15. The Morgan fingerprint density at radius 3 is 3.00 bits per heavy atom. The van der Waals surface area contributed by atoms with Crippen molar-refractivity contribution in [2.45, 2.75) is 39.0 Å². The maximum atomic E-state index is 9.46. The van der Waals surface area contributed by atoms with E-state index in [0.717, 1.165) is 35.6 Å². The lowest BCUT2D eigenvalue weighted by atomic mass is 10.1. The first-order valence-corrected chi connectivity index (χ1v) is 6.82. The lowest BCUT2D eigenvalue weighted by Crippen LogP contribution is -2.12. The molecule has 2 heterocycles. The largest absolute Gasteiger partial charge is 0.390 e. The van der Waals surface area contributed by atoms with Gasteiger partial charge < -0.3 is 15.4 Å². The second-order valence-corrected chi connectivity index (χ2v) is 5.00. The molecular weight excluding hydrogens is 238 g/mol. The average Bonchev–Trinajstić information content (AvgIpc) is 2.86. The van der Waals surface area contributed by atoms with Crippen molar-refractivity contribution in [3.8, 4) is 11.4 Å². The van der Waals surface area contributed by atoms with Gasteiger partial charge in [0.05, 0.1) is 12.3 Å². The topological polar surface area (TPSA) is 64.1 Å². The van der Waals surface area contributed by atoms with Gasteiger partial charge in [0.1, 0.15) is 5.82 Å². The summed E-state index contributed by atoms with van der Waals surface area (Å²) in [6.45, 7) is 1.55. The number of aliphatic hydroxyl groups excluding tert-OH is 1. The van der Waals surface area contributed by atoms with E-state index >= 15 is 0 Å². The van der Waals surface area contributed by atoms with Gasteiger partial charge in [0.2, 0.25) is 0 Å². The minimum absolute atomic E-state index is 0.0198. The Balaban J connectivity index is 2.11. The summed E-state index contributed by atoms with van der Waals surface area (Å²) in [6, 6.07) is 8.19. The molecule has 1 aliphatic heterocycles. The summed E-state index contributed by atoms with van der Waals surface area (Å²) < 4.78 is 2.25. The number of rotatable bonds is 3. The van der Waals surface area contributed by atoms with E-state index < -0.39 is 0 Å². The molecule has 0 saturated carbocycles. The van der Waals surface area contributed by atoms with Crippen LogP contribution in [0.25, 0.3) is 11.4 Å². The van der Waals surface area contributed by atoms with Crippen LogP contribution in [0.15, 0.2) is 24.3 Å². The third-order valence-electron chi connectivity index (χ3n) is 3.77. The predicted molar refractivity (Wildman–Crippen MR) is 74.4 cm³/mol. The quantitative estimate of drug-likeness (QED) is 0.881. The molecule has 4 nitrogen and oxygen atoms in total. The molecule has 0 spiro atoms. The average molecular weight is 257 g/mol. The standard InChI is InChI=1S/C15H19N3O/c16-9-11-4-3-5-12(8-11)15-17-13(10-19)14-6-1-2-7-18(14)15/h3-5,8,19H,1-2,6-7,9-10,16H2. The normalized spacial score (nSPS) is 14.4. The molecule has 100 valence electrons. The molecule has 2 aromatic rings. The second-order valence-electron chi connectivity index (χ2n) is 5.00. The van der Waals surface area contributed by atoms with Gasteiger partial charge >= 0.3 is 0 Å². The van der Waals surface area contributed by atoms with Crippen LogP contribution < -0.4 is 5.73 Å². The highest BCUT2D eigenvalue weighted by atomic mass is 16.3. The third kappa shape index (κ3) is 2.17. The first-order chi connectivity index (χ1) is 9.33. The van der Waals surface area contributed by atoms with Crippen molar-refractivity contribution in [3.63, 3.8) is 0 Å². The van der Waals surface area contributed by atoms with Crippen molar-refractivity contribution >= 4 is 0 Å². The van der Waals surface area contributed by atoms with Gasteiger partial charge in [-0.2, -0.15) is 0 Å². The number of aliphatic hydroxyl groups is 1. The summed E-state index contributed by atoms with van der Waals surface area (Å²) in [6.07, 6.45) is 3.37. The molecule has 1 aromatic carbocycles. The van der Waals surface area contributed by atoms with Gasteiger partial charge in [-0.05, 0) is 30.9 Å². The molecule has 0 aliphatic carbocycles. The molecule has 1 aliphatic rings. The lowest BCUT2D eigenvalue weighted by molar-refractivity contribution is 0.275. The molecule has 0 fully saturated rings. The molecule has 0 atom stereocenters. The highest BCUT2D eigenvalue weighted by molar-refractivity contribution is 5.58. The first-order valence-electron chi connectivity index (χ1n) is 6.82. The minimum atomic E-state index is 0.0198. The molecule has 4 heteroatoms. The summed E-state index contributed by atoms with van der Waals surface area (Å²) in [5.74, 6) is 0.967. The van der Waals surface area contributed by atoms with E-state index in [1.54, 1.807) is 0 Å². The van der Waals surface area contributed by atoms with Crippen LogP contribution in [0, 0.1) is 0 Å². The van der Waals surface area contributed by atoms with Crippen molar-refractivity contribution in [2.75, 3.05) is 0 Å². The third-order valence-corrected chi connectivity index (χ3v) is 3.77. The Hall–Kier alpha value is -1.65. The van der Waals surface area contributed by atoms with Gasteiger partial charge in [0.25, 0.3) is 0 Å². The zero-order valence-electron chi connectivity index (χ0n) is 11.0. The number of nitrogens with zero attached hydrogens (tertiary/aromatic N) is 2. The highest BCUT2D eigenvalue weighted by Gasteiger charge is 2.20. The number of aromatic nitrogens is 2. The predicted octanol–water partition coefficient (Wildman–Crippen LogP) is 1.84. The number of fused-ring (bicyclic) bond motifs is 1. The monoisotopic (exact) mass is 257 g/mol. The van der Waals surface area contributed by atoms with Crippen LogP contribution in [0.2, 0.25) is 0 Å². The van der Waals surface area contributed by atoms with Crippen LogP contribution in [0.1, 0.15) is 29.8 Å². The van der Waals surface area contributed by atoms with Crippen LogP contribution in [0.4, 0.5) is 0 Å². The zero-order valence-corrected chi connectivity index (χ0v) is 11.0. The fourth-order valence-electron chi connectivity index (χ4n) is 2.80.